The molecule has 0 fully saturated rings. The van der Waals surface area contributed by atoms with Gasteiger partial charge in [0.15, 0.2) is 0 Å². The Bertz CT molecular complexity index is 1160. The average molecular weight is 399 g/mol. The highest BCUT2D eigenvalue weighted by Gasteiger charge is 2.14. The average Bonchev–Trinajstić information content (AvgIpc) is 2.76. The summed E-state index contributed by atoms with van der Waals surface area (Å²) in [6.45, 7) is 2.13. The van der Waals surface area contributed by atoms with Crippen molar-refractivity contribution in [1.82, 2.24) is 0 Å². The molecule has 0 amide bonds. The number of hydrogen-bond acceptors (Lipinski definition) is 4. The summed E-state index contributed by atoms with van der Waals surface area (Å²) in [7, 11) is 0. The van der Waals surface area contributed by atoms with Crippen LogP contribution in [0.1, 0.15) is 18.9 Å². The van der Waals surface area contributed by atoms with Crippen LogP contribution in [0.15, 0.2) is 84.9 Å². The van der Waals surface area contributed by atoms with Crippen molar-refractivity contribution >= 4 is 22.1 Å². The SMILES string of the molecule is CCC(Cc1cccc2ccc(Oc3ccccc3N)cc12)Oc1ccccc1N. The van der Waals surface area contributed by atoms with Crippen molar-refractivity contribution in [3.05, 3.63) is 90.5 Å². The zero-order valence-electron chi connectivity index (χ0n) is 17.0. The fourth-order valence-corrected chi connectivity index (χ4v) is 3.54. The maximum absolute atomic E-state index is 6.22. The third kappa shape index (κ3) is 4.33. The van der Waals surface area contributed by atoms with Gasteiger partial charge in [0.1, 0.15) is 23.4 Å². The quantitative estimate of drug-likeness (QED) is 0.364. The van der Waals surface area contributed by atoms with Crippen LogP contribution in [0, 0.1) is 0 Å². The summed E-state index contributed by atoms with van der Waals surface area (Å²) in [5, 5.41) is 2.31. The van der Waals surface area contributed by atoms with Gasteiger partial charge in [0, 0.05) is 6.42 Å². The highest BCUT2D eigenvalue weighted by Crippen LogP contribution is 2.31. The zero-order valence-corrected chi connectivity index (χ0v) is 17.0. The molecule has 1 atom stereocenters. The predicted octanol–water partition coefficient (Wildman–Crippen LogP) is 6.20. The van der Waals surface area contributed by atoms with E-state index in [-0.39, 0.29) is 6.10 Å². The number of nitrogens with two attached hydrogens (primary N) is 2. The second-order valence-electron chi connectivity index (χ2n) is 7.33. The normalized spacial score (nSPS) is 11.9. The molecule has 152 valence electrons. The lowest BCUT2D eigenvalue weighted by Gasteiger charge is -2.20. The topological polar surface area (TPSA) is 70.5 Å². The minimum absolute atomic E-state index is 0.0228. The molecular weight excluding hydrogens is 372 g/mol. The van der Waals surface area contributed by atoms with Gasteiger partial charge in [0.05, 0.1) is 11.4 Å². The minimum Gasteiger partial charge on any atom is -0.488 e. The molecule has 4 heteroatoms. The fraction of sp³-hybridized carbons (Fsp3) is 0.154. The lowest BCUT2D eigenvalue weighted by Crippen LogP contribution is -2.19. The van der Waals surface area contributed by atoms with Gasteiger partial charge in [-0.15, -0.1) is 0 Å². The van der Waals surface area contributed by atoms with Crippen molar-refractivity contribution in [2.24, 2.45) is 0 Å². The standard InChI is InChI=1S/C26H26N2O2/c1-2-20(29-25-12-5-3-10-23(25)27)16-19-9-7-8-18-14-15-21(17-22(18)19)30-26-13-6-4-11-24(26)28/h3-15,17,20H,2,16,27-28H2,1H3. The van der Waals surface area contributed by atoms with E-state index in [4.69, 9.17) is 20.9 Å². The molecule has 4 aromatic rings. The van der Waals surface area contributed by atoms with E-state index in [1.807, 2.05) is 54.6 Å². The van der Waals surface area contributed by atoms with Crippen molar-refractivity contribution in [1.29, 1.82) is 0 Å². The monoisotopic (exact) mass is 398 g/mol. The largest absolute Gasteiger partial charge is 0.488 e. The number of hydrogen-bond donors (Lipinski definition) is 2. The number of nitrogen functional groups attached to an aromatic ring is 2. The van der Waals surface area contributed by atoms with Gasteiger partial charge in [0.25, 0.3) is 0 Å². The molecular formula is C26H26N2O2. The van der Waals surface area contributed by atoms with E-state index in [0.29, 0.717) is 17.1 Å². The van der Waals surface area contributed by atoms with Crippen molar-refractivity contribution in [3.8, 4) is 17.2 Å². The van der Waals surface area contributed by atoms with Gasteiger partial charge in [-0.3, -0.25) is 0 Å². The third-order valence-electron chi connectivity index (χ3n) is 5.21. The Morgan fingerprint density at radius 3 is 2.17 bits per heavy atom. The van der Waals surface area contributed by atoms with Crippen LogP contribution in [0.4, 0.5) is 11.4 Å². The van der Waals surface area contributed by atoms with E-state index in [9.17, 15) is 0 Å². The molecule has 4 nitrogen and oxygen atoms in total. The van der Waals surface area contributed by atoms with E-state index in [2.05, 4.69) is 37.3 Å². The molecule has 0 saturated carbocycles. The van der Waals surface area contributed by atoms with Crippen LogP contribution in [0.3, 0.4) is 0 Å². The van der Waals surface area contributed by atoms with E-state index in [1.54, 1.807) is 0 Å². The van der Waals surface area contributed by atoms with Crippen molar-refractivity contribution in [2.75, 3.05) is 11.5 Å². The summed E-state index contributed by atoms with van der Waals surface area (Å²) in [5.74, 6) is 2.14. The Hall–Kier alpha value is -3.66. The Kier molecular flexibility index (Phi) is 5.75. The van der Waals surface area contributed by atoms with E-state index in [1.165, 1.54) is 5.56 Å². The first-order valence-corrected chi connectivity index (χ1v) is 10.2. The van der Waals surface area contributed by atoms with Gasteiger partial charge in [0.2, 0.25) is 0 Å². The Balaban J connectivity index is 1.61. The number of fused-ring (bicyclic) bond motifs is 1. The van der Waals surface area contributed by atoms with Gasteiger partial charge in [-0.2, -0.15) is 0 Å². The molecule has 4 aromatic carbocycles. The first-order chi connectivity index (χ1) is 14.6. The molecule has 0 radical (unpaired) electrons. The van der Waals surface area contributed by atoms with Gasteiger partial charge in [-0.05, 0) is 59.2 Å². The molecule has 30 heavy (non-hydrogen) atoms. The van der Waals surface area contributed by atoms with Crippen LogP contribution in [0.5, 0.6) is 17.2 Å². The van der Waals surface area contributed by atoms with Crippen LogP contribution in [-0.2, 0) is 6.42 Å². The van der Waals surface area contributed by atoms with E-state index < -0.39 is 0 Å². The summed E-state index contributed by atoms with van der Waals surface area (Å²) in [6, 6.07) is 27.6. The summed E-state index contributed by atoms with van der Waals surface area (Å²) in [4.78, 5) is 0. The molecule has 1 unspecified atom stereocenters. The second-order valence-corrected chi connectivity index (χ2v) is 7.33. The maximum atomic E-state index is 6.22. The van der Waals surface area contributed by atoms with Crippen LogP contribution in [0.2, 0.25) is 0 Å². The molecule has 0 bridgehead atoms. The van der Waals surface area contributed by atoms with Gasteiger partial charge < -0.3 is 20.9 Å². The van der Waals surface area contributed by atoms with Crippen molar-refractivity contribution < 1.29 is 9.47 Å². The first-order valence-electron chi connectivity index (χ1n) is 10.2. The van der Waals surface area contributed by atoms with Gasteiger partial charge in [-0.1, -0.05) is 55.5 Å². The number of benzene rings is 4. The number of anilines is 2. The van der Waals surface area contributed by atoms with E-state index >= 15 is 0 Å². The van der Waals surface area contributed by atoms with Gasteiger partial charge >= 0.3 is 0 Å². The third-order valence-corrected chi connectivity index (χ3v) is 5.21. The smallest absolute Gasteiger partial charge is 0.150 e. The first kappa shape index (κ1) is 19.6. The lowest BCUT2D eigenvalue weighted by atomic mass is 9.98. The van der Waals surface area contributed by atoms with Gasteiger partial charge in [-0.25, -0.2) is 0 Å². The van der Waals surface area contributed by atoms with Crippen LogP contribution in [-0.4, -0.2) is 6.10 Å². The highest BCUT2D eigenvalue weighted by molar-refractivity contribution is 5.87. The van der Waals surface area contributed by atoms with Crippen molar-refractivity contribution in [2.45, 2.75) is 25.9 Å². The summed E-state index contributed by atoms with van der Waals surface area (Å²) in [5.41, 5.74) is 14.6. The molecule has 0 spiro atoms. The predicted molar refractivity (Wildman–Crippen MR) is 124 cm³/mol. The minimum atomic E-state index is 0.0228. The maximum Gasteiger partial charge on any atom is 0.150 e. The van der Waals surface area contributed by atoms with Crippen LogP contribution >= 0.6 is 0 Å². The zero-order chi connectivity index (χ0) is 20.9. The molecule has 0 aromatic heterocycles. The van der Waals surface area contributed by atoms with E-state index in [0.717, 1.165) is 35.1 Å². The lowest BCUT2D eigenvalue weighted by molar-refractivity contribution is 0.199. The number of para-hydroxylation sites is 4. The fourth-order valence-electron chi connectivity index (χ4n) is 3.54. The Morgan fingerprint density at radius 2 is 1.47 bits per heavy atom. The second kappa shape index (κ2) is 8.78. The molecule has 0 aliphatic rings. The molecule has 4 rings (SSSR count). The number of ether oxygens (including phenoxy) is 2. The molecule has 0 aliphatic carbocycles. The Labute approximate surface area is 177 Å². The summed E-state index contributed by atoms with van der Waals surface area (Å²) >= 11 is 0. The number of rotatable bonds is 7. The molecule has 0 saturated heterocycles. The Morgan fingerprint density at radius 1 is 0.767 bits per heavy atom. The summed E-state index contributed by atoms with van der Waals surface area (Å²) in [6.07, 6.45) is 1.68. The highest BCUT2D eigenvalue weighted by atomic mass is 16.5. The molecule has 4 N–H and O–H groups in total. The van der Waals surface area contributed by atoms with Crippen LogP contribution < -0.4 is 20.9 Å². The summed E-state index contributed by atoms with van der Waals surface area (Å²) < 4.78 is 12.3. The van der Waals surface area contributed by atoms with Crippen LogP contribution in [0.25, 0.3) is 10.8 Å². The molecule has 0 aliphatic heterocycles. The van der Waals surface area contributed by atoms with Crippen molar-refractivity contribution in [3.63, 3.8) is 0 Å². The molecule has 0 heterocycles.